The van der Waals surface area contributed by atoms with Gasteiger partial charge in [-0.2, -0.15) is 0 Å². The summed E-state index contributed by atoms with van der Waals surface area (Å²) in [6.07, 6.45) is 0. The first-order valence-corrected chi connectivity index (χ1v) is 6.63. The zero-order chi connectivity index (χ0) is 16.3. The highest BCUT2D eigenvalue weighted by atomic mass is 35.5. The lowest BCUT2D eigenvalue weighted by molar-refractivity contribution is 0.295. The standard InChI is InChI=1S/C14H11BClF4O2/c1-21-14-5-2-10(16)6-9(14)8-22-11-3-4-12(13(17)7-11)15(18,19)20/h2-7H,8H2,1H3/q-1. The molecule has 0 heterocycles. The third-order valence-electron chi connectivity index (χ3n) is 2.96. The van der Waals surface area contributed by atoms with Crippen LogP contribution < -0.4 is 14.9 Å². The molecule has 0 spiro atoms. The Bertz CT molecular complexity index is 676. The van der Waals surface area contributed by atoms with Gasteiger partial charge >= 0.3 is 6.98 Å². The van der Waals surface area contributed by atoms with Crippen LogP contribution >= 0.6 is 11.6 Å². The van der Waals surface area contributed by atoms with Gasteiger partial charge in [-0.3, -0.25) is 0 Å². The predicted molar refractivity (Wildman–Crippen MR) is 77.4 cm³/mol. The van der Waals surface area contributed by atoms with Crippen molar-refractivity contribution in [1.82, 2.24) is 0 Å². The topological polar surface area (TPSA) is 18.5 Å². The van der Waals surface area contributed by atoms with Crippen LogP contribution in [0, 0.1) is 5.82 Å². The van der Waals surface area contributed by atoms with Crippen molar-refractivity contribution in [3.8, 4) is 11.5 Å². The van der Waals surface area contributed by atoms with Crippen molar-refractivity contribution in [3.05, 3.63) is 52.8 Å². The molecule has 22 heavy (non-hydrogen) atoms. The van der Waals surface area contributed by atoms with E-state index >= 15 is 0 Å². The smallest absolute Gasteiger partial charge is 0.496 e. The second kappa shape index (κ2) is 6.48. The predicted octanol–water partition coefficient (Wildman–Crippen LogP) is 4.12. The Morgan fingerprint density at radius 2 is 1.82 bits per heavy atom. The van der Waals surface area contributed by atoms with Crippen molar-refractivity contribution in [2.45, 2.75) is 6.61 Å². The van der Waals surface area contributed by atoms with E-state index in [9.17, 15) is 17.3 Å². The maximum atomic E-state index is 13.5. The summed E-state index contributed by atoms with van der Waals surface area (Å²) >= 11 is 5.86. The number of halogens is 5. The summed E-state index contributed by atoms with van der Waals surface area (Å²) in [6, 6.07) is 7.32. The third-order valence-corrected chi connectivity index (χ3v) is 3.20. The molecule has 0 saturated heterocycles. The van der Waals surface area contributed by atoms with Gasteiger partial charge in [-0.15, -0.1) is 0 Å². The Morgan fingerprint density at radius 3 is 2.41 bits per heavy atom. The molecular weight excluding hydrogens is 322 g/mol. The van der Waals surface area contributed by atoms with Crippen LogP contribution in [0.4, 0.5) is 17.3 Å². The van der Waals surface area contributed by atoms with E-state index in [-0.39, 0.29) is 12.4 Å². The summed E-state index contributed by atoms with van der Waals surface area (Å²) in [6.45, 7) is -5.40. The van der Waals surface area contributed by atoms with Crippen LogP contribution in [0.15, 0.2) is 36.4 Å². The average molecular weight is 333 g/mol. The average Bonchev–Trinajstić information content (AvgIpc) is 2.44. The van der Waals surface area contributed by atoms with E-state index in [1.807, 2.05) is 0 Å². The monoisotopic (exact) mass is 333 g/mol. The molecule has 2 rings (SSSR count). The van der Waals surface area contributed by atoms with Crippen LogP contribution in [-0.4, -0.2) is 14.1 Å². The zero-order valence-corrected chi connectivity index (χ0v) is 12.2. The Morgan fingerprint density at radius 1 is 1.09 bits per heavy atom. The van der Waals surface area contributed by atoms with Gasteiger partial charge in [0.25, 0.3) is 0 Å². The molecule has 0 aromatic heterocycles. The molecule has 0 aliphatic carbocycles. The van der Waals surface area contributed by atoms with Gasteiger partial charge < -0.3 is 22.4 Å². The van der Waals surface area contributed by atoms with E-state index in [1.54, 1.807) is 18.2 Å². The van der Waals surface area contributed by atoms with Gasteiger partial charge in [-0.05, 0) is 24.3 Å². The van der Waals surface area contributed by atoms with Crippen molar-refractivity contribution in [3.63, 3.8) is 0 Å². The van der Waals surface area contributed by atoms with Crippen LogP contribution in [0.5, 0.6) is 11.5 Å². The number of benzene rings is 2. The quantitative estimate of drug-likeness (QED) is 0.605. The van der Waals surface area contributed by atoms with E-state index in [1.165, 1.54) is 7.11 Å². The largest absolute Gasteiger partial charge is 0.512 e. The maximum absolute atomic E-state index is 13.5. The molecule has 0 aliphatic heterocycles. The van der Waals surface area contributed by atoms with Crippen molar-refractivity contribution in [1.29, 1.82) is 0 Å². The zero-order valence-electron chi connectivity index (χ0n) is 11.5. The van der Waals surface area contributed by atoms with Gasteiger partial charge in [-0.25, -0.2) is 4.39 Å². The van der Waals surface area contributed by atoms with E-state index in [2.05, 4.69) is 0 Å². The van der Waals surface area contributed by atoms with Crippen LogP contribution in [0.1, 0.15) is 5.56 Å². The molecule has 2 nitrogen and oxygen atoms in total. The van der Waals surface area contributed by atoms with Gasteiger partial charge in [0.15, 0.2) is 0 Å². The number of rotatable bonds is 5. The number of hydrogen-bond acceptors (Lipinski definition) is 2. The van der Waals surface area contributed by atoms with Crippen LogP contribution in [0.25, 0.3) is 0 Å². The van der Waals surface area contributed by atoms with Gasteiger partial charge in [0.1, 0.15) is 18.1 Å². The fourth-order valence-electron chi connectivity index (χ4n) is 1.88. The number of ether oxygens (including phenoxy) is 2. The molecule has 0 aliphatic rings. The molecule has 2 aromatic carbocycles. The first-order chi connectivity index (χ1) is 10.3. The SMILES string of the molecule is COc1ccc(Cl)cc1COc1ccc([B-](F)(F)F)c(F)c1. The molecule has 8 heteroatoms. The Labute approximate surface area is 129 Å². The summed E-state index contributed by atoms with van der Waals surface area (Å²) in [4.78, 5) is 0. The minimum Gasteiger partial charge on any atom is -0.496 e. The fourth-order valence-corrected chi connectivity index (χ4v) is 2.08. The molecule has 2 aromatic rings. The first-order valence-electron chi connectivity index (χ1n) is 6.26. The first kappa shape index (κ1) is 16.5. The van der Waals surface area contributed by atoms with Crippen molar-refractivity contribution >= 4 is 24.0 Å². The fraction of sp³-hybridized carbons (Fsp3) is 0.143. The number of hydrogen-bond donors (Lipinski definition) is 0. The normalized spacial score (nSPS) is 11.4. The van der Waals surface area contributed by atoms with Crippen LogP contribution in [0.3, 0.4) is 0 Å². The van der Waals surface area contributed by atoms with E-state index in [4.69, 9.17) is 21.1 Å². The molecule has 0 bridgehead atoms. The van der Waals surface area contributed by atoms with E-state index in [0.29, 0.717) is 28.5 Å². The molecule has 0 unspecified atom stereocenters. The minimum absolute atomic E-state index is 0.0108. The molecule has 0 radical (unpaired) electrons. The van der Waals surface area contributed by atoms with Crippen molar-refractivity contribution < 1.29 is 26.8 Å². The molecule has 0 amide bonds. The van der Waals surface area contributed by atoms with Crippen LogP contribution in [-0.2, 0) is 6.61 Å². The van der Waals surface area contributed by atoms with E-state index < -0.39 is 18.3 Å². The summed E-state index contributed by atoms with van der Waals surface area (Å²) in [5, 5.41) is 0.459. The Kier molecular flexibility index (Phi) is 4.85. The molecule has 118 valence electrons. The molecule has 0 atom stereocenters. The summed E-state index contributed by atoms with van der Waals surface area (Å²) in [7, 11) is 1.46. The lowest BCUT2D eigenvalue weighted by atomic mass is 9.80. The molecule has 0 saturated carbocycles. The summed E-state index contributed by atoms with van der Waals surface area (Å²) in [5.41, 5.74) is -0.674. The van der Waals surface area contributed by atoms with Gasteiger partial charge in [0, 0.05) is 16.7 Å². The molecule has 0 N–H and O–H groups in total. The maximum Gasteiger partial charge on any atom is 0.512 e. The van der Waals surface area contributed by atoms with Gasteiger partial charge in [0.05, 0.1) is 12.9 Å². The lowest BCUT2D eigenvalue weighted by Crippen LogP contribution is -2.36. The summed E-state index contributed by atoms with van der Waals surface area (Å²) < 4.78 is 61.4. The minimum atomic E-state index is -5.39. The van der Waals surface area contributed by atoms with Gasteiger partial charge in [0.2, 0.25) is 0 Å². The molecule has 0 fully saturated rings. The third kappa shape index (κ3) is 3.85. The van der Waals surface area contributed by atoms with Crippen molar-refractivity contribution in [2.24, 2.45) is 0 Å². The van der Waals surface area contributed by atoms with Gasteiger partial charge in [-0.1, -0.05) is 23.1 Å². The second-order valence-electron chi connectivity index (χ2n) is 4.50. The van der Waals surface area contributed by atoms with Crippen LogP contribution in [0.2, 0.25) is 5.02 Å². The van der Waals surface area contributed by atoms with E-state index in [0.717, 1.165) is 6.07 Å². The highest BCUT2D eigenvalue weighted by Crippen LogP contribution is 2.25. The number of methoxy groups -OCH3 is 1. The Hall–Kier alpha value is -1.89. The highest BCUT2D eigenvalue weighted by molar-refractivity contribution is 6.73. The molecular formula is C14H11BClF4O2-. The highest BCUT2D eigenvalue weighted by Gasteiger charge is 2.28. The van der Waals surface area contributed by atoms with Crippen molar-refractivity contribution in [2.75, 3.05) is 7.11 Å². The second-order valence-corrected chi connectivity index (χ2v) is 4.94. The Balaban J connectivity index is 2.16. The summed E-state index contributed by atoms with van der Waals surface area (Å²) in [5.74, 6) is -0.855. The lowest BCUT2D eigenvalue weighted by Gasteiger charge is -2.17.